The molecule has 0 saturated carbocycles. The van der Waals surface area contributed by atoms with Crippen LogP contribution in [0.15, 0.2) is 24.3 Å². The maximum absolute atomic E-state index is 5.68. The van der Waals surface area contributed by atoms with Gasteiger partial charge in [-0.1, -0.05) is 22.7 Å². The highest BCUT2D eigenvalue weighted by Gasteiger charge is 2.21. The van der Waals surface area contributed by atoms with Crippen molar-refractivity contribution in [2.24, 2.45) is 5.84 Å². The summed E-state index contributed by atoms with van der Waals surface area (Å²) >= 11 is 1.34. The molecule has 6 heteroatoms. The number of nitrogens with two attached hydrogens (primary N) is 1. The quantitative estimate of drug-likeness (QED) is 0.636. The van der Waals surface area contributed by atoms with Crippen LogP contribution >= 0.6 is 11.5 Å². The number of benzene rings is 1. The zero-order valence-corrected chi connectivity index (χ0v) is 11.2. The van der Waals surface area contributed by atoms with Crippen molar-refractivity contribution in [1.29, 1.82) is 0 Å². The third kappa shape index (κ3) is 2.50. The fourth-order valence-corrected chi connectivity index (χ4v) is 2.54. The van der Waals surface area contributed by atoms with E-state index in [9.17, 15) is 0 Å². The van der Waals surface area contributed by atoms with Crippen LogP contribution in [0.5, 0.6) is 5.75 Å². The Kier molecular flexibility index (Phi) is 4.24. The minimum absolute atomic E-state index is 0.146. The summed E-state index contributed by atoms with van der Waals surface area (Å²) in [6.45, 7) is 4.50. The molecule has 1 aromatic heterocycles. The van der Waals surface area contributed by atoms with Gasteiger partial charge < -0.3 is 4.74 Å². The molecule has 0 aliphatic rings. The van der Waals surface area contributed by atoms with Gasteiger partial charge in [-0.3, -0.25) is 5.84 Å². The molecule has 0 aliphatic heterocycles. The Morgan fingerprint density at radius 2 is 2.22 bits per heavy atom. The Balaban J connectivity index is 2.42. The van der Waals surface area contributed by atoms with Crippen LogP contribution < -0.4 is 16.0 Å². The number of aryl methyl sites for hydroxylation is 1. The molecule has 2 aromatic rings. The van der Waals surface area contributed by atoms with Gasteiger partial charge in [-0.2, -0.15) is 0 Å². The summed E-state index contributed by atoms with van der Waals surface area (Å²) in [7, 11) is 0. The molecule has 0 amide bonds. The summed E-state index contributed by atoms with van der Waals surface area (Å²) in [5.74, 6) is 6.50. The summed E-state index contributed by atoms with van der Waals surface area (Å²) in [4.78, 5) is 1.00. The Morgan fingerprint density at radius 3 is 2.83 bits per heavy atom. The van der Waals surface area contributed by atoms with Crippen molar-refractivity contribution in [3.63, 3.8) is 0 Å². The van der Waals surface area contributed by atoms with Gasteiger partial charge >= 0.3 is 0 Å². The van der Waals surface area contributed by atoms with Gasteiger partial charge in [-0.25, -0.2) is 5.43 Å². The Labute approximate surface area is 110 Å². The lowest BCUT2D eigenvalue weighted by atomic mass is 10.0. The van der Waals surface area contributed by atoms with Gasteiger partial charge in [0, 0.05) is 5.56 Å². The van der Waals surface area contributed by atoms with E-state index >= 15 is 0 Å². The number of para-hydroxylation sites is 1. The fourth-order valence-electron chi connectivity index (χ4n) is 1.82. The van der Waals surface area contributed by atoms with Crippen molar-refractivity contribution in [2.75, 3.05) is 6.61 Å². The fraction of sp³-hybridized carbons (Fsp3) is 0.333. The van der Waals surface area contributed by atoms with E-state index in [0.29, 0.717) is 6.61 Å². The summed E-state index contributed by atoms with van der Waals surface area (Å²) in [6, 6.07) is 7.70. The van der Waals surface area contributed by atoms with E-state index in [-0.39, 0.29) is 6.04 Å². The lowest BCUT2D eigenvalue weighted by Gasteiger charge is -2.18. The van der Waals surface area contributed by atoms with Gasteiger partial charge in [0.1, 0.15) is 5.75 Å². The van der Waals surface area contributed by atoms with E-state index in [1.165, 1.54) is 11.5 Å². The van der Waals surface area contributed by atoms with E-state index in [4.69, 9.17) is 10.6 Å². The minimum Gasteiger partial charge on any atom is -0.494 e. The highest BCUT2D eigenvalue weighted by molar-refractivity contribution is 7.05. The standard InChI is InChI=1S/C12H16N4OS/c1-3-17-10-7-5-4-6-9(10)11(14-13)12-8(2)15-16-18-12/h4-7,11,14H,3,13H2,1-2H3. The first kappa shape index (κ1) is 12.9. The molecule has 1 atom stereocenters. The van der Waals surface area contributed by atoms with Crippen molar-refractivity contribution in [1.82, 2.24) is 15.0 Å². The van der Waals surface area contributed by atoms with E-state index in [1.807, 2.05) is 38.1 Å². The number of rotatable bonds is 5. The number of nitrogens with zero attached hydrogens (tertiary/aromatic N) is 2. The van der Waals surface area contributed by atoms with Crippen LogP contribution in [0.3, 0.4) is 0 Å². The van der Waals surface area contributed by atoms with Crippen molar-refractivity contribution in [3.05, 3.63) is 40.4 Å². The summed E-state index contributed by atoms with van der Waals surface area (Å²) < 4.78 is 9.57. The van der Waals surface area contributed by atoms with Crippen LogP contribution in [0, 0.1) is 6.92 Å². The third-order valence-corrected chi connectivity index (χ3v) is 3.54. The summed E-state index contributed by atoms with van der Waals surface area (Å²) in [5, 5.41) is 4.02. The Morgan fingerprint density at radius 1 is 1.44 bits per heavy atom. The highest BCUT2D eigenvalue weighted by Crippen LogP contribution is 2.32. The van der Waals surface area contributed by atoms with Gasteiger partial charge in [-0.15, -0.1) is 5.10 Å². The molecule has 18 heavy (non-hydrogen) atoms. The predicted octanol–water partition coefficient (Wildman–Crippen LogP) is 1.80. The van der Waals surface area contributed by atoms with Gasteiger partial charge in [0.05, 0.1) is 23.2 Å². The van der Waals surface area contributed by atoms with Gasteiger partial charge in [-0.05, 0) is 31.4 Å². The second-order valence-corrected chi connectivity index (χ2v) is 4.58. The number of nitrogens with one attached hydrogen (secondary N) is 1. The third-order valence-electron chi connectivity index (χ3n) is 2.65. The topological polar surface area (TPSA) is 73.1 Å². The van der Waals surface area contributed by atoms with E-state index in [1.54, 1.807) is 0 Å². The molecule has 0 spiro atoms. The molecule has 5 nitrogen and oxygen atoms in total. The maximum Gasteiger partial charge on any atom is 0.124 e. The van der Waals surface area contributed by atoms with Crippen LogP contribution in [-0.4, -0.2) is 16.2 Å². The molecule has 1 heterocycles. The maximum atomic E-state index is 5.68. The monoisotopic (exact) mass is 264 g/mol. The van der Waals surface area contributed by atoms with Crippen LogP contribution in [-0.2, 0) is 0 Å². The molecule has 0 saturated heterocycles. The van der Waals surface area contributed by atoms with Crippen molar-refractivity contribution in [2.45, 2.75) is 19.9 Å². The molecular formula is C12H16N4OS. The van der Waals surface area contributed by atoms with E-state index in [2.05, 4.69) is 15.0 Å². The van der Waals surface area contributed by atoms with Crippen molar-refractivity contribution in [3.8, 4) is 5.75 Å². The van der Waals surface area contributed by atoms with E-state index in [0.717, 1.165) is 21.9 Å². The second kappa shape index (κ2) is 5.90. The largest absolute Gasteiger partial charge is 0.494 e. The SMILES string of the molecule is CCOc1ccccc1C(NN)c1snnc1C. The van der Waals surface area contributed by atoms with Gasteiger partial charge in [0.25, 0.3) is 0 Å². The Bertz CT molecular complexity index is 514. The average molecular weight is 264 g/mol. The number of aromatic nitrogens is 2. The van der Waals surface area contributed by atoms with Crippen LogP contribution in [0.25, 0.3) is 0 Å². The van der Waals surface area contributed by atoms with E-state index < -0.39 is 0 Å². The molecule has 0 radical (unpaired) electrons. The lowest BCUT2D eigenvalue weighted by molar-refractivity contribution is 0.333. The minimum atomic E-state index is -0.146. The van der Waals surface area contributed by atoms with Crippen molar-refractivity contribution < 1.29 is 4.74 Å². The second-order valence-electron chi connectivity index (χ2n) is 3.79. The molecular weight excluding hydrogens is 248 g/mol. The average Bonchev–Trinajstić information content (AvgIpc) is 2.79. The molecule has 2 rings (SSSR count). The van der Waals surface area contributed by atoms with Crippen molar-refractivity contribution >= 4 is 11.5 Å². The lowest BCUT2D eigenvalue weighted by Crippen LogP contribution is -2.29. The molecule has 0 bridgehead atoms. The molecule has 3 N–H and O–H groups in total. The molecule has 1 unspecified atom stereocenters. The number of hydrazine groups is 1. The van der Waals surface area contributed by atoms with Gasteiger partial charge in [0.15, 0.2) is 0 Å². The van der Waals surface area contributed by atoms with Crippen LogP contribution in [0.2, 0.25) is 0 Å². The summed E-state index contributed by atoms with van der Waals surface area (Å²) in [5.41, 5.74) is 4.69. The normalized spacial score (nSPS) is 12.4. The smallest absolute Gasteiger partial charge is 0.124 e. The molecule has 1 aromatic carbocycles. The number of hydrogen-bond acceptors (Lipinski definition) is 6. The Hall–Kier alpha value is -1.50. The zero-order chi connectivity index (χ0) is 13.0. The predicted molar refractivity (Wildman–Crippen MR) is 71.4 cm³/mol. The number of ether oxygens (including phenoxy) is 1. The first-order valence-corrected chi connectivity index (χ1v) is 6.52. The highest BCUT2D eigenvalue weighted by atomic mass is 32.1. The van der Waals surface area contributed by atoms with Crippen LogP contribution in [0.4, 0.5) is 0 Å². The van der Waals surface area contributed by atoms with Gasteiger partial charge in [0.2, 0.25) is 0 Å². The molecule has 0 fully saturated rings. The zero-order valence-electron chi connectivity index (χ0n) is 10.4. The number of hydrogen-bond donors (Lipinski definition) is 2. The summed E-state index contributed by atoms with van der Waals surface area (Å²) in [6.07, 6.45) is 0. The molecule has 0 aliphatic carbocycles. The first-order valence-electron chi connectivity index (χ1n) is 5.74. The first-order chi connectivity index (χ1) is 8.77. The van der Waals surface area contributed by atoms with Crippen LogP contribution in [0.1, 0.15) is 29.1 Å². The molecule has 96 valence electrons.